The average Bonchev–Trinajstić information content (AvgIpc) is 2.94. The van der Waals surface area contributed by atoms with E-state index in [9.17, 15) is 4.79 Å². The summed E-state index contributed by atoms with van der Waals surface area (Å²) < 4.78 is 17.0. The van der Waals surface area contributed by atoms with E-state index in [4.69, 9.17) is 14.2 Å². The van der Waals surface area contributed by atoms with Gasteiger partial charge in [-0.05, 0) is 52.9 Å². The van der Waals surface area contributed by atoms with Crippen molar-refractivity contribution in [1.82, 2.24) is 4.98 Å². The van der Waals surface area contributed by atoms with Crippen molar-refractivity contribution in [2.24, 2.45) is 0 Å². The van der Waals surface area contributed by atoms with Crippen LogP contribution in [0.15, 0.2) is 85.1 Å². The van der Waals surface area contributed by atoms with Crippen LogP contribution in [-0.2, 0) is 16.8 Å². The first-order chi connectivity index (χ1) is 18.3. The van der Waals surface area contributed by atoms with Crippen LogP contribution in [0, 0.1) is 11.8 Å². The third-order valence-corrected chi connectivity index (χ3v) is 6.07. The number of hydrogen-bond donors (Lipinski definition) is 0. The molecule has 0 fully saturated rings. The van der Waals surface area contributed by atoms with Gasteiger partial charge in [-0.15, -0.1) is 0 Å². The van der Waals surface area contributed by atoms with Crippen molar-refractivity contribution in [2.45, 2.75) is 32.8 Å². The number of esters is 1. The van der Waals surface area contributed by atoms with Gasteiger partial charge in [0.05, 0.1) is 25.3 Å². The smallest absolute Gasteiger partial charge is 0.339 e. The van der Waals surface area contributed by atoms with Crippen molar-refractivity contribution in [2.75, 3.05) is 14.2 Å². The van der Waals surface area contributed by atoms with Crippen molar-refractivity contribution in [3.8, 4) is 34.6 Å². The van der Waals surface area contributed by atoms with Crippen LogP contribution in [-0.4, -0.2) is 25.2 Å². The Labute approximate surface area is 224 Å². The first-order valence-corrected chi connectivity index (χ1v) is 12.4. The predicted molar refractivity (Wildman–Crippen MR) is 149 cm³/mol. The minimum Gasteiger partial charge on any atom is -0.495 e. The zero-order chi connectivity index (χ0) is 27.1. The Kier molecular flexibility index (Phi) is 8.13. The normalized spacial score (nSPS) is 10.8. The summed E-state index contributed by atoms with van der Waals surface area (Å²) >= 11 is 0. The molecular formula is C33H31NO4. The number of aromatic nitrogens is 1. The first kappa shape index (κ1) is 26.5. The molecule has 0 N–H and O–H groups in total. The van der Waals surface area contributed by atoms with Gasteiger partial charge in [-0.2, -0.15) is 0 Å². The van der Waals surface area contributed by atoms with Crippen molar-refractivity contribution in [3.63, 3.8) is 0 Å². The van der Waals surface area contributed by atoms with Crippen LogP contribution in [0.5, 0.6) is 11.6 Å². The maximum absolute atomic E-state index is 12.3. The molecule has 3 aromatic carbocycles. The van der Waals surface area contributed by atoms with Crippen LogP contribution in [0.4, 0.5) is 0 Å². The van der Waals surface area contributed by atoms with Crippen LogP contribution in [0.3, 0.4) is 0 Å². The minimum atomic E-state index is -0.429. The lowest BCUT2D eigenvalue weighted by atomic mass is 9.83. The Morgan fingerprint density at radius 2 is 1.58 bits per heavy atom. The summed E-state index contributed by atoms with van der Waals surface area (Å²) in [6.45, 7) is 6.81. The summed E-state index contributed by atoms with van der Waals surface area (Å²) in [5, 5.41) is 0. The largest absolute Gasteiger partial charge is 0.495 e. The molecule has 192 valence electrons. The molecule has 0 atom stereocenters. The number of hydrogen-bond acceptors (Lipinski definition) is 5. The van der Waals surface area contributed by atoms with E-state index in [1.54, 1.807) is 31.5 Å². The fourth-order valence-corrected chi connectivity index (χ4v) is 4.12. The molecule has 4 rings (SSSR count). The molecule has 0 aliphatic rings. The van der Waals surface area contributed by atoms with Gasteiger partial charge in [0.25, 0.3) is 0 Å². The molecule has 38 heavy (non-hydrogen) atoms. The average molecular weight is 506 g/mol. The van der Waals surface area contributed by atoms with E-state index >= 15 is 0 Å². The van der Waals surface area contributed by atoms with Gasteiger partial charge in [0.2, 0.25) is 5.88 Å². The van der Waals surface area contributed by atoms with E-state index in [2.05, 4.69) is 43.7 Å². The third-order valence-electron chi connectivity index (χ3n) is 6.07. The molecule has 0 unspecified atom stereocenters. The Bertz CT molecular complexity index is 1490. The lowest BCUT2D eigenvalue weighted by Crippen LogP contribution is -2.14. The zero-order valence-electron chi connectivity index (χ0n) is 22.4. The number of ether oxygens (including phenoxy) is 3. The van der Waals surface area contributed by atoms with Crippen LogP contribution >= 0.6 is 0 Å². The third kappa shape index (κ3) is 6.04. The lowest BCUT2D eigenvalue weighted by Gasteiger charge is -2.24. The molecule has 0 saturated carbocycles. The Morgan fingerprint density at radius 1 is 0.868 bits per heavy atom. The number of rotatable bonds is 6. The van der Waals surface area contributed by atoms with E-state index < -0.39 is 5.97 Å². The number of nitrogens with zero attached hydrogens (tertiary/aromatic N) is 1. The predicted octanol–water partition coefficient (Wildman–Crippen LogP) is 6.82. The van der Waals surface area contributed by atoms with Crippen molar-refractivity contribution in [3.05, 3.63) is 113 Å². The molecule has 0 amide bonds. The van der Waals surface area contributed by atoms with Crippen LogP contribution < -0.4 is 9.47 Å². The number of pyridine rings is 1. The second kappa shape index (κ2) is 11.7. The maximum atomic E-state index is 12.3. The highest BCUT2D eigenvalue weighted by Gasteiger charge is 2.23. The summed E-state index contributed by atoms with van der Waals surface area (Å²) in [7, 11) is 3.01. The fraction of sp³-hybridized carbons (Fsp3) is 0.212. The van der Waals surface area contributed by atoms with Gasteiger partial charge in [-0.1, -0.05) is 75.1 Å². The molecular weight excluding hydrogens is 474 g/mol. The van der Waals surface area contributed by atoms with Crippen molar-refractivity contribution >= 4 is 5.97 Å². The summed E-state index contributed by atoms with van der Waals surface area (Å²) in [4.78, 5) is 16.8. The Morgan fingerprint density at radius 3 is 2.29 bits per heavy atom. The van der Waals surface area contributed by atoms with Gasteiger partial charge in [0.15, 0.2) is 0 Å². The summed E-state index contributed by atoms with van der Waals surface area (Å²) in [5.41, 5.74) is 5.30. The van der Waals surface area contributed by atoms with E-state index in [1.807, 2.05) is 54.6 Å². The van der Waals surface area contributed by atoms with Gasteiger partial charge >= 0.3 is 5.97 Å². The Balaban J connectivity index is 1.83. The quantitative estimate of drug-likeness (QED) is 0.213. The second-order valence-corrected chi connectivity index (χ2v) is 9.77. The van der Waals surface area contributed by atoms with Crippen LogP contribution in [0.25, 0.3) is 11.1 Å². The topological polar surface area (TPSA) is 57.7 Å². The maximum Gasteiger partial charge on any atom is 0.339 e. The first-order valence-electron chi connectivity index (χ1n) is 12.4. The van der Waals surface area contributed by atoms with Gasteiger partial charge < -0.3 is 14.2 Å². The zero-order valence-corrected chi connectivity index (χ0v) is 22.4. The number of carbonyl (C=O) groups excluding carboxylic acids is 1. The van der Waals surface area contributed by atoms with Gasteiger partial charge in [-0.25, -0.2) is 9.78 Å². The number of methoxy groups -OCH3 is 2. The molecule has 5 heteroatoms. The molecule has 0 radical (unpaired) electrons. The van der Waals surface area contributed by atoms with E-state index in [-0.39, 0.29) is 5.41 Å². The standard InChI is InChI=1S/C33H31NO4/c1-33(2,3)29-21-26(27-16-11-19-34-31(27)38-22-23-12-7-6-8-13-23)20-25(30(29)36-4)18-17-24-14-9-10-15-28(24)32(35)37-5/h6-16,19-21H,22H2,1-5H3. The van der Waals surface area contributed by atoms with Crippen molar-refractivity contribution in [1.29, 1.82) is 0 Å². The lowest BCUT2D eigenvalue weighted by molar-refractivity contribution is 0.0600. The van der Waals surface area contributed by atoms with E-state index in [0.29, 0.717) is 34.9 Å². The SMILES string of the molecule is COC(=O)c1ccccc1C#Cc1cc(-c2cccnc2OCc2ccccc2)cc(C(C)(C)C)c1OC. The second-order valence-electron chi connectivity index (χ2n) is 9.77. The molecule has 0 aliphatic heterocycles. The molecule has 1 aromatic heterocycles. The molecule has 0 spiro atoms. The number of benzene rings is 3. The van der Waals surface area contributed by atoms with E-state index in [1.165, 1.54) is 7.11 Å². The highest BCUT2D eigenvalue weighted by Crippen LogP contribution is 2.39. The molecule has 4 aromatic rings. The minimum absolute atomic E-state index is 0.227. The van der Waals surface area contributed by atoms with E-state index in [0.717, 1.165) is 22.3 Å². The molecule has 0 bridgehead atoms. The van der Waals surface area contributed by atoms with Crippen LogP contribution in [0.1, 0.15) is 53.4 Å². The molecule has 0 saturated heterocycles. The number of carbonyl (C=O) groups is 1. The summed E-state index contributed by atoms with van der Waals surface area (Å²) in [6.07, 6.45) is 1.72. The monoisotopic (exact) mass is 505 g/mol. The summed E-state index contributed by atoms with van der Waals surface area (Å²) in [5.74, 6) is 7.22. The van der Waals surface area contributed by atoms with Crippen molar-refractivity contribution < 1.29 is 19.0 Å². The van der Waals surface area contributed by atoms with Gasteiger partial charge in [0.1, 0.15) is 12.4 Å². The van der Waals surface area contributed by atoms with Gasteiger partial charge in [-0.3, -0.25) is 0 Å². The highest BCUT2D eigenvalue weighted by molar-refractivity contribution is 5.92. The highest BCUT2D eigenvalue weighted by atomic mass is 16.5. The summed E-state index contributed by atoms with van der Waals surface area (Å²) in [6, 6.07) is 25.1. The van der Waals surface area contributed by atoms with Gasteiger partial charge in [0, 0.05) is 22.9 Å². The Hall–Kier alpha value is -4.56. The molecule has 0 aliphatic carbocycles. The van der Waals surface area contributed by atoms with Crippen LogP contribution in [0.2, 0.25) is 0 Å². The fourth-order valence-electron chi connectivity index (χ4n) is 4.12. The molecule has 5 nitrogen and oxygen atoms in total. The molecule has 1 heterocycles.